The summed E-state index contributed by atoms with van der Waals surface area (Å²) >= 11 is 0. The van der Waals surface area contributed by atoms with Crippen LogP contribution in [0, 0.1) is 6.92 Å². The number of anilines is 1. The Bertz CT molecular complexity index is 642. The van der Waals surface area contributed by atoms with E-state index in [2.05, 4.69) is 15.3 Å². The van der Waals surface area contributed by atoms with Crippen molar-refractivity contribution in [2.24, 2.45) is 0 Å². The summed E-state index contributed by atoms with van der Waals surface area (Å²) in [5.41, 5.74) is 2.19. The molecule has 0 radical (unpaired) electrons. The summed E-state index contributed by atoms with van der Waals surface area (Å²) in [5.74, 6) is -0.0995. The van der Waals surface area contributed by atoms with Crippen LogP contribution in [-0.4, -0.2) is 41.3 Å². The van der Waals surface area contributed by atoms with Gasteiger partial charge in [0.05, 0.1) is 6.61 Å². The molecule has 6 nitrogen and oxygen atoms in total. The minimum atomic E-state index is -1.07. The van der Waals surface area contributed by atoms with Gasteiger partial charge in [-0.1, -0.05) is 29.8 Å². The molecule has 1 aromatic heterocycles. The Balaban J connectivity index is 2.21. The number of rotatable bonds is 7. The van der Waals surface area contributed by atoms with Gasteiger partial charge in [-0.15, -0.1) is 0 Å². The van der Waals surface area contributed by atoms with Gasteiger partial charge in [-0.3, -0.25) is 0 Å². The van der Waals surface area contributed by atoms with Crippen LogP contribution in [0.3, 0.4) is 0 Å². The quantitative estimate of drug-likeness (QED) is 0.762. The van der Waals surface area contributed by atoms with E-state index in [1.54, 1.807) is 7.11 Å². The molecule has 0 fully saturated rings. The Kier molecular flexibility index (Phi) is 5.43. The van der Waals surface area contributed by atoms with E-state index in [0.29, 0.717) is 31.2 Å². The number of carbonyl (C=O) groups is 1. The number of benzene rings is 1. The van der Waals surface area contributed by atoms with Crippen molar-refractivity contribution in [3.8, 4) is 0 Å². The zero-order chi connectivity index (χ0) is 15.9. The van der Waals surface area contributed by atoms with E-state index in [9.17, 15) is 4.79 Å². The van der Waals surface area contributed by atoms with Crippen molar-refractivity contribution in [1.29, 1.82) is 0 Å². The van der Waals surface area contributed by atoms with Gasteiger partial charge in [-0.25, -0.2) is 14.8 Å². The van der Waals surface area contributed by atoms with Crippen LogP contribution in [0.5, 0.6) is 0 Å². The smallest absolute Gasteiger partial charge is 0.354 e. The molecule has 22 heavy (non-hydrogen) atoms. The van der Waals surface area contributed by atoms with Crippen LogP contribution >= 0.6 is 0 Å². The van der Waals surface area contributed by atoms with E-state index in [1.165, 1.54) is 11.6 Å². The van der Waals surface area contributed by atoms with Gasteiger partial charge < -0.3 is 15.2 Å². The summed E-state index contributed by atoms with van der Waals surface area (Å²) in [5, 5.41) is 12.2. The standard InChI is InChI=1S/C16H19N3O3/c1-11-3-5-12(6-4-11)9-15-18-13(16(20)21)10-14(19-15)17-7-8-22-2/h3-6,10H,7-9H2,1-2H3,(H,20,21)(H,17,18,19). The molecular weight excluding hydrogens is 282 g/mol. The summed E-state index contributed by atoms with van der Waals surface area (Å²) in [4.78, 5) is 19.7. The number of aromatic nitrogens is 2. The van der Waals surface area contributed by atoms with Gasteiger partial charge in [-0.2, -0.15) is 0 Å². The van der Waals surface area contributed by atoms with E-state index in [4.69, 9.17) is 9.84 Å². The van der Waals surface area contributed by atoms with Crippen molar-refractivity contribution < 1.29 is 14.6 Å². The van der Waals surface area contributed by atoms with E-state index in [0.717, 1.165) is 5.56 Å². The highest BCUT2D eigenvalue weighted by Crippen LogP contribution is 2.12. The van der Waals surface area contributed by atoms with Gasteiger partial charge >= 0.3 is 5.97 Å². The minimum absolute atomic E-state index is 0.0166. The third-order valence-corrected chi connectivity index (χ3v) is 3.09. The lowest BCUT2D eigenvalue weighted by Gasteiger charge is -2.08. The Morgan fingerprint density at radius 1 is 1.27 bits per heavy atom. The predicted molar refractivity (Wildman–Crippen MR) is 83.3 cm³/mol. The van der Waals surface area contributed by atoms with Crippen molar-refractivity contribution in [3.63, 3.8) is 0 Å². The Morgan fingerprint density at radius 3 is 2.64 bits per heavy atom. The molecule has 0 aliphatic rings. The topological polar surface area (TPSA) is 84.3 Å². The van der Waals surface area contributed by atoms with Gasteiger partial charge in [-0.05, 0) is 12.5 Å². The molecule has 0 atom stereocenters. The number of carboxylic acids is 1. The van der Waals surface area contributed by atoms with E-state index >= 15 is 0 Å². The molecule has 116 valence electrons. The van der Waals surface area contributed by atoms with E-state index in [-0.39, 0.29) is 5.69 Å². The van der Waals surface area contributed by atoms with Gasteiger partial charge in [0.15, 0.2) is 5.69 Å². The lowest BCUT2D eigenvalue weighted by atomic mass is 10.1. The first-order valence-corrected chi connectivity index (χ1v) is 6.98. The zero-order valence-corrected chi connectivity index (χ0v) is 12.7. The number of hydrogen-bond donors (Lipinski definition) is 2. The second-order valence-corrected chi connectivity index (χ2v) is 4.94. The average Bonchev–Trinajstić information content (AvgIpc) is 2.50. The third kappa shape index (κ3) is 4.53. The number of methoxy groups -OCH3 is 1. The fourth-order valence-electron chi connectivity index (χ4n) is 1.95. The SMILES string of the molecule is COCCNc1cc(C(=O)O)nc(Cc2ccc(C)cc2)n1. The van der Waals surface area contributed by atoms with Crippen molar-refractivity contribution in [2.45, 2.75) is 13.3 Å². The Hall–Kier alpha value is -2.47. The maximum absolute atomic E-state index is 11.2. The molecule has 0 aliphatic carbocycles. The van der Waals surface area contributed by atoms with Crippen molar-refractivity contribution in [3.05, 3.63) is 53.0 Å². The van der Waals surface area contributed by atoms with Crippen LogP contribution in [-0.2, 0) is 11.2 Å². The molecule has 1 aromatic carbocycles. The maximum Gasteiger partial charge on any atom is 0.354 e. The Labute approximate surface area is 129 Å². The molecule has 0 aliphatic heterocycles. The first-order chi connectivity index (χ1) is 10.6. The molecule has 0 unspecified atom stereocenters. The van der Waals surface area contributed by atoms with Gasteiger partial charge in [0.1, 0.15) is 11.6 Å². The predicted octanol–water partition coefficient (Wildman–Crippen LogP) is 2.13. The second kappa shape index (κ2) is 7.51. The summed E-state index contributed by atoms with van der Waals surface area (Å²) in [6.45, 7) is 3.08. The van der Waals surface area contributed by atoms with Crippen LogP contribution < -0.4 is 5.32 Å². The molecule has 1 heterocycles. The lowest BCUT2D eigenvalue weighted by molar-refractivity contribution is 0.0690. The first kappa shape index (κ1) is 15.9. The molecule has 0 bridgehead atoms. The minimum Gasteiger partial charge on any atom is -0.477 e. The highest BCUT2D eigenvalue weighted by molar-refractivity contribution is 5.86. The summed E-state index contributed by atoms with van der Waals surface area (Å²) < 4.78 is 4.96. The fourth-order valence-corrected chi connectivity index (χ4v) is 1.95. The highest BCUT2D eigenvalue weighted by Gasteiger charge is 2.11. The average molecular weight is 301 g/mol. The molecule has 2 N–H and O–H groups in total. The van der Waals surface area contributed by atoms with Crippen LogP contribution in [0.15, 0.2) is 30.3 Å². The third-order valence-electron chi connectivity index (χ3n) is 3.09. The molecule has 0 saturated heterocycles. The summed E-state index contributed by atoms with van der Waals surface area (Å²) in [6.07, 6.45) is 0.486. The second-order valence-electron chi connectivity index (χ2n) is 4.94. The van der Waals surface area contributed by atoms with Crippen LogP contribution in [0.4, 0.5) is 5.82 Å². The summed E-state index contributed by atoms with van der Waals surface area (Å²) in [6, 6.07) is 9.42. The number of aryl methyl sites for hydroxylation is 1. The molecule has 6 heteroatoms. The number of nitrogens with one attached hydrogen (secondary N) is 1. The molecule has 0 amide bonds. The number of aromatic carboxylic acids is 1. The zero-order valence-electron chi connectivity index (χ0n) is 12.7. The maximum atomic E-state index is 11.2. The van der Waals surface area contributed by atoms with Gasteiger partial charge in [0.2, 0.25) is 0 Å². The molecule has 2 rings (SSSR count). The molecule has 0 saturated carbocycles. The van der Waals surface area contributed by atoms with Crippen molar-refractivity contribution in [2.75, 3.05) is 25.6 Å². The van der Waals surface area contributed by atoms with Crippen molar-refractivity contribution in [1.82, 2.24) is 9.97 Å². The monoisotopic (exact) mass is 301 g/mol. The van der Waals surface area contributed by atoms with Gasteiger partial charge in [0.25, 0.3) is 0 Å². The number of hydrogen-bond acceptors (Lipinski definition) is 5. The summed E-state index contributed by atoms with van der Waals surface area (Å²) in [7, 11) is 1.60. The number of carboxylic acid groups (broad SMARTS) is 1. The fraction of sp³-hybridized carbons (Fsp3) is 0.312. The number of ether oxygens (including phenoxy) is 1. The number of nitrogens with zero attached hydrogens (tertiary/aromatic N) is 2. The molecular formula is C16H19N3O3. The van der Waals surface area contributed by atoms with E-state index in [1.807, 2.05) is 31.2 Å². The van der Waals surface area contributed by atoms with Crippen LogP contribution in [0.1, 0.15) is 27.4 Å². The molecule has 0 spiro atoms. The van der Waals surface area contributed by atoms with E-state index < -0.39 is 5.97 Å². The normalized spacial score (nSPS) is 10.5. The molecule has 2 aromatic rings. The Morgan fingerprint density at radius 2 is 2.00 bits per heavy atom. The van der Waals surface area contributed by atoms with Crippen LogP contribution in [0.2, 0.25) is 0 Å². The van der Waals surface area contributed by atoms with Crippen LogP contribution in [0.25, 0.3) is 0 Å². The largest absolute Gasteiger partial charge is 0.477 e. The van der Waals surface area contributed by atoms with Gasteiger partial charge in [0, 0.05) is 26.1 Å². The first-order valence-electron chi connectivity index (χ1n) is 6.98. The lowest BCUT2D eigenvalue weighted by Crippen LogP contribution is -2.13. The van der Waals surface area contributed by atoms with Crippen molar-refractivity contribution >= 4 is 11.8 Å². The highest BCUT2D eigenvalue weighted by atomic mass is 16.5.